The van der Waals surface area contributed by atoms with Crippen molar-refractivity contribution in [2.75, 3.05) is 16.8 Å². The number of benzene rings is 1. The van der Waals surface area contributed by atoms with E-state index in [9.17, 15) is 10.1 Å². The third-order valence-electron chi connectivity index (χ3n) is 3.88. The summed E-state index contributed by atoms with van der Waals surface area (Å²) in [6.07, 6.45) is 2.82. The molecule has 1 N–H and O–H groups in total. The van der Waals surface area contributed by atoms with E-state index in [1.807, 2.05) is 38.1 Å². The third kappa shape index (κ3) is 3.95. The highest BCUT2D eigenvalue weighted by Crippen LogP contribution is 2.37. The molecule has 0 saturated heterocycles. The second kappa shape index (κ2) is 7.96. The van der Waals surface area contributed by atoms with Crippen molar-refractivity contribution in [2.45, 2.75) is 13.8 Å². The average molecular weight is 385 g/mol. The smallest absolute Gasteiger partial charge is 0.332 e. The van der Waals surface area contributed by atoms with E-state index in [1.165, 1.54) is 12.5 Å². The van der Waals surface area contributed by atoms with E-state index >= 15 is 0 Å². The monoisotopic (exact) mass is 384 g/mol. The van der Waals surface area contributed by atoms with Gasteiger partial charge in [0.2, 0.25) is 11.6 Å². The highest BCUT2D eigenvalue weighted by molar-refractivity contribution is 6.32. The number of aromatic nitrogens is 3. The summed E-state index contributed by atoms with van der Waals surface area (Å²) in [7, 11) is 0. The van der Waals surface area contributed by atoms with Crippen molar-refractivity contribution >= 4 is 40.3 Å². The molecule has 0 atom stereocenters. The van der Waals surface area contributed by atoms with Crippen molar-refractivity contribution in [3.8, 4) is 0 Å². The average Bonchev–Trinajstić information content (AvgIpc) is 2.64. The van der Waals surface area contributed by atoms with Crippen molar-refractivity contribution in [2.24, 2.45) is 0 Å². The van der Waals surface area contributed by atoms with Crippen LogP contribution in [0.2, 0.25) is 5.15 Å². The van der Waals surface area contributed by atoms with Gasteiger partial charge < -0.3 is 10.2 Å². The molecule has 0 aliphatic carbocycles. The van der Waals surface area contributed by atoms with Gasteiger partial charge >= 0.3 is 5.69 Å². The minimum Gasteiger partial charge on any atom is -0.332 e. The van der Waals surface area contributed by atoms with Crippen molar-refractivity contribution in [3.05, 3.63) is 69.8 Å². The highest BCUT2D eigenvalue weighted by atomic mass is 35.5. The predicted octanol–water partition coefficient (Wildman–Crippen LogP) is 4.64. The van der Waals surface area contributed by atoms with Gasteiger partial charge in [-0.15, -0.1) is 0 Å². The molecule has 8 nitrogen and oxygen atoms in total. The first-order valence-corrected chi connectivity index (χ1v) is 8.60. The molecule has 3 rings (SSSR count). The standard InChI is InChI=1S/C18H17ClN6O2/c1-3-24(13-7-4-6-12(2)10-13)18-15(25(26)27)17(21-11-22-18)23-14-8-5-9-20-16(14)19/h4-11H,3H2,1-2H3,(H,21,22,23). The van der Waals surface area contributed by atoms with Crippen LogP contribution in [0.3, 0.4) is 0 Å². The van der Waals surface area contributed by atoms with Crippen LogP contribution >= 0.6 is 11.6 Å². The summed E-state index contributed by atoms with van der Waals surface area (Å²) < 4.78 is 0. The molecule has 0 amide bonds. The number of rotatable bonds is 6. The van der Waals surface area contributed by atoms with E-state index in [1.54, 1.807) is 17.0 Å². The van der Waals surface area contributed by atoms with E-state index in [2.05, 4.69) is 20.3 Å². The molecule has 0 spiro atoms. The van der Waals surface area contributed by atoms with Crippen LogP contribution in [0, 0.1) is 17.0 Å². The van der Waals surface area contributed by atoms with E-state index in [0.29, 0.717) is 12.2 Å². The normalized spacial score (nSPS) is 10.5. The molecule has 0 saturated carbocycles. The molecule has 0 radical (unpaired) electrons. The summed E-state index contributed by atoms with van der Waals surface area (Å²) in [5.74, 6) is 0.247. The lowest BCUT2D eigenvalue weighted by Gasteiger charge is -2.22. The number of aryl methyl sites for hydroxylation is 1. The Hall–Kier alpha value is -3.26. The molecule has 9 heteroatoms. The molecule has 0 aliphatic heterocycles. The molecule has 1 aromatic carbocycles. The van der Waals surface area contributed by atoms with Crippen LogP contribution in [-0.4, -0.2) is 26.4 Å². The van der Waals surface area contributed by atoms with E-state index in [-0.39, 0.29) is 22.5 Å². The van der Waals surface area contributed by atoms with Crippen molar-refractivity contribution in [1.29, 1.82) is 0 Å². The third-order valence-corrected chi connectivity index (χ3v) is 4.18. The zero-order valence-corrected chi connectivity index (χ0v) is 15.5. The zero-order valence-electron chi connectivity index (χ0n) is 14.8. The van der Waals surface area contributed by atoms with Crippen LogP contribution in [0.5, 0.6) is 0 Å². The van der Waals surface area contributed by atoms with Crippen LogP contribution < -0.4 is 10.2 Å². The quantitative estimate of drug-likeness (QED) is 0.375. The van der Waals surface area contributed by atoms with Crippen LogP contribution in [0.25, 0.3) is 0 Å². The Balaban J connectivity index is 2.10. The van der Waals surface area contributed by atoms with Gasteiger partial charge in [0.25, 0.3) is 0 Å². The molecule has 0 aliphatic rings. The number of pyridine rings is 1. The van der Waals surface area contributed by atoms with Crippen LogP contribution in [0.1, 0.15) is 12.5 Å². The second-order valence-corrected chi connectivity index (χ2v) is 6.06. The maximum atomic E-state index is 11.8. The second-order valence-electron chi connectivity index (χ2n) is 5.70. The molecular formula is C18H17ClN6O2. The molecule has 3 aromatic rings. The Morgan fingerprint density at radius 1 is 1.22 bits per heavy atom. The van der Waals surface area contributed by atoms with E-state index in [4.69, 9.17) is 11.6 Å². The van der Waals surface area contributed by atoms with E-state index in [0.717, 1.165) is 11.3 Å². The summed E-state index contributed by atoms with van der Waals surface area (Å²) in [6, 6.07) is 11.0. The van der Waals surface area contributed by atoms with Crippen LogP contribution in [0.15, 0.2) is 48.9 Å². The zero-order chi connectivity index (χ0) is 19.4. The van der Waals surface area contributed by atoms with Crippen molar-refractivity contribution in [3.63, 3.8) is 0 Å². The first-order chi connectivity index (χ1) is 13.0. The minimum absolute atomic E-state index is 0.0472. The Morgan fingerprint density at radius 3 is 2.70 bits per heavy atom. The van der Waals surface area contributed by atoms with E-state index < -0.39 is 4.92 Å². The molecule has 27 heavy (non-hydrogen) atoms. The number of nitrogens with zero attached hydrogens (tertiary/aromatic N) is 5. The number of hydrogen-bond donors (Lipinski definition) is 1. The summed E-state index contributed by atoms with van der Waals surface area (Å²) >= 11 is 6.05. The van der Waals surface area contributed by atoms with Gasteiger partial charge in [0.1, 0.15) is 6.33 Å². The molecule has 0 bridgehead atoms. The minimum atomic E-state index is -0.500. The maximum absolute atomic E-state index is 11.8. The first kappa shape index (κ1) is 18.5. The van der Waals surface area contributed by atoms with Crippen LogP contribution in [0.4, 0.5) is 28.7 Å². The van der Waals surface area contributed by atoms with Gasteiger partial charge in [-0.25, -0.2) is 15.0 Å². The molecular weight excluding hydrogens is 368 g/mol. The van der Waals surface area contributed by atoms with Crippen molar-refractivity contribution in [1.82, 2.24) is 15.0 Å². The lowest BCUT2D eigenvalue weighted by atomic mass is 10.2. The molecule has 0 fully saturated rings. The number of hydrogen-bond acceptors (Lipinski definition) is 7. The summed E-state index contributed by atoms with van der Waals surface area (Å²) in [5, 5.41) is 14.9. The van der Waals surface area contributed by atoms with Gasteiger partial charge in [0.05, 0.1) is 10.6 Å². The number of nitrogens with one attached hydrogen (secondary N) is 1. The predicted molar refractivity (Wildman–Crippen MR) is 105 cm³/mol. The fourth-order valence-electron chi connectivity index (χ4n) is 2.68. The fourth-order valence-corrected chi connectivity index (χ4v) is 2.85. The summed E-state index contributed by atoms with van der Waals surface area (Å²) in [5.41, 5.74) is 2.04. The fraction of sp³-hybridized carbons (Fsp3) is 0.167. The molecule has 2 heterocycles. The number of anilines is 4. The summed E-state index contributed by atoms with van der Waals surface area (Å²) in [6.45, 7) is 4.36. The highest BCUT2D eigenvalue weighted by Gasteiger charge is 2.27. The van der Waals surface area contributed by atoms with Gasteiger partial charge in [0.15, 0.2) is 5.15 Å². The largest absolute Gasteiger partial charge is 0.354 e. The van der Waals surface area contributed by atoms with Crippen LogP contribution in [-0.2, 0) is 0 Å². The van der Waals surface area contributed by atoms with Gasteiger partial charge in [-0.1, -0.05) is 23.7 Å². The SMILES string of the molecule is CCN(c1cccc(C)c1)c1ncnc(Nc2cccnc2Cl)c1[N+](=O)[O-]. The number of halogens is 1. The first-order valence-electron chi connectivity index (χ1n) is 8.22. The Labute approximate surface area is 161 Å². The van der Waals surface area contributed by atoms with Gasteiger partial charge in [-0.3, -0.25) is 10.1 Å². The molecule has 0 unspecified atom stereocenters. The molecule has 2 aromatic heterocycles. The maximum Gasteiger partial charge on any atom is 0.354 e. The Morgan fingerprint density at radius 2 is 2.04 bits per heavy atom. The van der Waals surface area contributed by atoms with Gasteiger partial charge in [-0.2, -0.15) is 0 Å². The number of nitro groups is 1. The van der Waals surface area contributed by atoms with Gasteiger partial charge in [0, 0.05) is 18.4 Å². The Kier molecular flexibility index (Phi) is 5.46. The topological polar surface area (TPSA) is 97.1 Å². The lowest BCUT2D eigenvalue weighted by Crippen LogP contribution is -2.20. The Bertz CT molecular complexity index is 982. The van der Waals surface area contributed by atoms with Gasteiger partial charge in [-0.05, 0) is 43.7 Å². The lowest BCUT2D eigenvalue weighted by molar-refractivity contribution is -0.383. The molecule has 138 valence electrons. The summed E-state index contributed by atoms with van der Waals surface area (Å²) in [4.78, 5) is 25.3. The van der Waals surface area contributed by atoms with Crippen molar-refractivity contribution < 1.29 is 4.92 Å².